The molecule has 3 rings (SSSR count). The number of rotatable bonds is 7. The van der Waals surface area contributed by atoms with Gasteiger partial charge in [0.25, 0.3) is 0 Å². The fourth-order valence-corrected chi connectivity index (χ4v) is 3.70. The molecule has 0 saturated heterocycles. The highest BCUT2D eigenvalue weighted by atomic mass is 32.2. The van der Waals surface area contributed by atoms with Crippen molar-refractivity contribution in [3.05, 3.63) is 48.0 Å². The molecule has 0 fully saturated rings. The number of carbonyl (C=O) groups excluding carboxylic acids is 1. The van der Waals surface area contributed by atoms with Gasteiger partial charge in [0.2, 0.25) is 5.91 Å². The molecule has 0 saturated carbocycles. The smallest absolute Gasteiger partial charge is 0.222 e. The Morgan fingerprint density at radius 3 is 2.63 bits per heavy atom. The van der Waals surface area contributed by atoms with E-state index in [0.717, 1.165) is 28.9 Å². The lowest BCUT2D eigenvalue weighted by Crippen LogP contribution is -2.34. The van der Waals surface area contributed by atoms with Crippen LogP contribution in [0.1, 0.15) is 12.0 Å². The Labute approximate surface area is 159 Å². The second kappa shape index (κ2) is 8.10. The molecule has 144 valence electrons. The number of sulfone groups is 1. The summed E-state index contributed by atoms with van der Waals surface area (Å²) in [5, 5.41) is 2.87. The van der Waals surface area contributed by atoms with Crippen LogP contribution in [0.5, 0.6) is 5.75 Å². The zero-order valence-electron chi connectivity index (χ0n) is 15.4. The summed E-state index contributed by atoms with van der Waals surface area (Å²) >= 11 is 0. The number of benzene rings is 2. The van der Waals surface area contributed by atoms with Crippen LogP contribution >= 0.6 is 0 Å². The van der Waals surface area contributed by atoms with E-state index in [4.69, 9.17) is 9.47 Å². The van der Waals surface area contributed by atoms with Gasteiger partial charge in [0.05, 0.1) is 18.0 Å². The van der Waals surface area contributed by atoms with Crippen LogP contribution < -0.4 is 10.1 Å². The molecular formula is C20H23NO5S. The molecule has 1 aliphatic heterocycles. The second-order valence-corrected chi connectivity index (χ2v) is 8.60. The minimum Gasteiger partial charge on any atom is -0.487 e. The SMILES string of the molecule is COCCC(=O)NCC1Cc2cccc(-c3ccc(S(C)(=O)=O)cc3)c2O1. The van der Waals surface area contributed by atoms with Gasteiger partial charge in [-0.1, -0.05) is 30.3 Å². The number of ether oxygens (including phenoxy) is 2. The fourth-order valence-electron chi connectivity index (χ4n) is 3.07. The van der Waals surface area contributed by atoms with E-state index in [1.165, 1.54) is 6.26 Å². The number of nitrogens with one attached hydrogen (secondary N) is 1. The molecule has 1 aliphatic rings. The Morgan fingerprint density at radius 2 is 1.96 bits per heavy atom. The number of para-hydroxylation sites is 1. The van der Waals surface area contributed by atoms with Crippen molar-refractivity contribution < 1.29 is 22.7 Å². The van der Waals surface area contributed by atoms with Crippen molar-refractivity contribution in [2.24, 2.45) is 0 Å². The Morgan fingerprint density at radius 1 is 1.22 bits per heavy atom. The highest BCUT2D eigenvalue weighted by molar-refractivity contribution is 7.90. The molecule has 1 amide bonds. The Balaban J connectivity index is 1.72. The van der Waals surface area contributed by atoms with Crippen LogP contribution in [0.15, 0.2) is 47.4 Å². The van der Waals surface area contributed by atoms with E-state index in [-0.39, 0.29) is 16.9 Å². The third-order valence-corrected chi connectivity index (χ3v) is 5.61. The first-order valence-corrected chi connectivity index (χ1v) is 10.6. The average molecular weight is 389 g/mol. The van der Waals surface area contributed by atoms with Crippen LogP contribution in [0.3, 0.4) is 0 Å². The molecule has 27 heavy (non-hydrogen) atoms. The summed E-state index contributed by atoms with van der Waals surface area (Å²) in [5.74, 6) is 0.730. The maximum Gasteiger partial charge on any atom is 0.222 e. The van der Waals surface area contributed by atoms with E-state index in [1.54, 1.807) is 31.4 Å². The minimum atomic E-state index is -3.22. The van der Waals surface area contributed by atoms with E-state index in [9.17, 15) is 13.2 Å². The van der Waals surface area contributed by atoms with Gasteiger partial charge in [-0.05, 0) is 23.3 Å². The van der Waals surface area contributed by atoms with Crippen molar-refractivity contribution in [1.82, 2.24) is 5.32 Å². The number of methoxy groups -OCH3 is 1. The first-order valence-electron chi connectivity index (χ1n) is 8.73. The van der Waals surface area contributed by atoms with E-state index >= 15 is 0 Å². The molecule has 7 heteroatoms. The zero-order chi connectivity index (χ0) is 19.4. The normalized spacial score (nSPS) is 15.9. The summed E-state index contributed by atoms with van der Waals surface area (Å²) in [6.07, 6.45) is 2.11. The van der Waals surface area contributed by atoms with Gasteiger partial charge in [-0.2, -0.15) is 0 Å². The first-order chi connectivity index (χ1) is 12.9. The zero-order valence-corrected chi connectivity index (χ0v) is 16.2. The third-order valence-electron chi connectivity index (χ3n) is 4.48. The standard InChI is InChI=1S/C20H23NO5S/c1-25-11-10-19(22)21-13-16-12-15-4-3-5-18(20(15)26-16)14-6-8-17(9-7-14)27(2,23)24/h3-9,16H,10-13H2,1-2H3,(H,21,22). The topological polar surface area (TPSA) is 81.7 Å². The van der Waals surface area contributed by atoms with Crippen LogP contribution in [-0.2, 0) is 25.8 Å². The molecule has 2 aromatic carbocycles. The van der Waals surface area contributed by atoms with E-state index in [2.05, 4.69) is 5.32 Å². The molecule has 0 spiro atoms. The number of hydrogen-bond donors (Lipinski definition) is 1. The Kier molecular flexibility index (Phi) is 5.82. The van der Waals surface area contributed by atoms with Crippen LogP contribution in [0.25, 0.3) is 11.1 Å². The highest BCUT2D eigenvalue weighted by Crippen LogP contribution is 2.38. The molecule has 0 radical (unpaired) electrons. The van der Waals surface area contributed by atoms with E-state index in [1.807, 2.05) is 18.2 Å². The van der Waals surface area contributed by atoms with Crippen LogP contribution in [0.4, 0.5) is 0 Å². The summed E-state index contributed by atoms with van der Waals surface area (Å²) < 4.78 is 34.3. The molecule has 0 aliphatic carbocycles. The molecule has 1 atom stereocenters. The number of carbonyl (C=O) groups is 1. The van der Waals surface area contributed by atoms with Gasteiger partial charge in [-0.15, -0.1) is 0 Å². The van der Waals surface area contributed by atoms with Crippen molar-refractivity contribution in [1.29, 1.82) is 0 Å². The van der Waals surface area contributed by atoms with Crippen LogP contribution in [0, 0.1) is 0 Å². The molecule has 1 heterocycles. The molecule has 2 aromatic rings. The van der Waals surface area contributed by atoms with Crippen LogP contribution in [0.2, 0.25) is 0 Å². The molecule has 6 nitrogen and oxygen atoms in total. The van der Waals surface area contributed by atoms with E-state index < -0.39 is 9.84 Å². The van der Waals surface area contributed by atoms with Gasteiger partial charge < -0.3 is 14.8 Å². The van der Waals surface area contributed by atoms with Gasteiger partial charge in [0, 0.05) is 31.8 Å². The van der Waals surface area contributed by atoms with Gasteiger partial charge in [0.1, 0.15) is 11.9 Å². The summed E-state index contributed by atoms with van der Waals surface area (Å²) in [4.78, 5) is 12.0. The second-order valence-electron chi connectivity index (χ2n) is 6.58. The number of amides is 1. The fraction of sp³-hybridized carbons (Fsp3) is 0.350. The highest BCUT2D eigenvalue weighted by Gasteiger charge is 2.26. The molecule has 0 bridgehead atoms. The maximum atomic E-state index is 11.7. The third kappa shape index (κ3) is 4.67. The lowest BCUT2D eigenvalue weighted by Gasteiger charge is -2.14. The van der Waals surface area contributed by atoms with Gasteiger partial charge in [-0.25, -0.2) is 8.42 Å². The van der Waals surface area contributed by atoms with Crippen molar-refractivity contribution in [2.45, 2.75) is 23.8 Å². The van der Waals surface area contributed by atoms with Gasteiger partial charge in [-0.3, -0.25) is 4.79 Å². The predicted molar refractivity (Wildman–Crippen MR) is 103 cm³/mol. The monoisotopic (exact) mass is 389 g/mol. The van der Waals surface area contributed by atoms with Crippen molar-refractivity contribution in [3.8, 4) is 16.9 Å². The van der Waals surface area contributed by atoms with Gasteiger partial charge in [0.15, 0.2) is 9.84 Å². The molecular weight excluding hydrogens is 366 g/mol. The minimum absolute atomic E-state index is 0.0620. The van der Waals surface area contributed by atoms with E-state index in [0.29, 0.717) is 19.6 Å². The van der Waals surface area contributed by atoms with Gasteiger partial charge >= 0.3 is 0 Å². The maximum absolute atomic E-state index is 11.7. The van der Waals surface area contributed by atoms with Crippen molar-refractivity contribution >= 4 is 15.7 Å². The number of fused-ring (bicyclic) bond motifs is 1. The van der Waals surface area contributed by atoms with Crippen molar-refractivity contribution in [2.75, 3.05) is 26.5 Å². The number of hydrogen-bond acceptors (Lipinski definition) is 5. The van der Waals surface area contributed by atoms with Crippen LogP contribution in [-0.4, -0.2) is 46.9 Å². The average Bonchev–Trinajstić information content (AvgIpc) is 3.07. The largest absolute Gasteiger partial charge is 0.487 e. The molecule has 1 unspecified atom stereocenters. The Hall–Kier alpha value is -2.38. The molecule has 0 aromatic heterocycles. The first kappa shape index (κ1) is 19.4. The lowest BCUT2D eigenvalue weighted by molar-refractivity contribution is -0.122. The summed E-state index contributed by atoms with van der Waals surface area (Å²) in [6.45, 7) is 0.828. The molecule has 1 N–H and O–H groups in total. The summed E-state index contributed by atoms with van der Waals surface area (Å²) in [7, 11) is -1.66. The Bertz CT molecular complexity index is 922. The summed E-state index contributed by atoms with van der Waals surface area (Å²) in [6, 6.07) is 12.7. The van der Waals surface area contributed by atoms with Crippen molar-refractivity contribution in [3.63, 3.8) is 0 Å². The summed E-state index contributed by atoms with van der Waals surface area (Å²) in [5.41, 5.74) is 2.89. The lowest BCUT2D eigenvalue weighted by atomic mass is 10.0. The quantitative estimate of drug-likeness (QED) is 0.785. The predicted octanol–water partition coefficient (Wildman–Crippen LogP) is 2.21.